The number of non-ortho nitro benzene ring substituents is 1. The van der Waals surface area contributed by atoms with Gasteiger partial charge in [-0.2, -0.15) is 0 Å². The number of ether oxygens (including phenoxy) is 1. The maximum atomic E-state index is 12.2. The predicted octanol–water partition coefficient (Wildman–Crippen LogP) is 1.89. The van der Waals surface area contributed by atoms with Crippen LogP contribution in [0, 0.1) is 10.1 Å². The summed E-state index contributed by atoms with van der Waals surface area (Å²) in [6.07, 6.45) is 1.01. The molecule has 20 heavy (non-hydrogen) atoms. The van der Waals surface area contributed by atoms with Crippen LogP contribution in [0.15, 0.2) is 24.3 Å². The molecule has 6 heteroatoms. The molecule has 0 bridgehead atoms. The van der Waals surface area contributed by atoms with Gasteiger partial charge in [-0.1, -0.05) is 12.1 Å². The van der Waals surface area contributed by atoms with Crippen LogP contribution >= 0.6 is 0 Å². The molecule has 0 saturated carbocycles. The lowest BCUT2D eigenvalue weighted by atomic mass is 10.1. The van der Waals surface area contributed by atoms with Gasteiger partial charge in [0.05, 0.1) is 17.6 Å². The summed E-state index contributed by atoms with van der Waals surface area (Å²) in [5.41, 5.74) is 0.314. The summed E-state index contributed by atoms with van der Waals surface area (Å²) in [7, 11) is 1.88. The van der Waals surface area contributed by atoms with Crippen molar-refractivity contribution in [1.82, 2.24) is 4.90 Å². The molecule has 2 unspecified atom stereocenters. The largest absolute Gasteiger partial charge is 0.377 e. The number of nitrogens with zero attached hydrogens (tertiary/aromatic N) is 2. The fourth-order valence-corrected chi connectivity index (χ4v) is 2.53. The Bertz CT molecular complexity index is 518. The maximum Gasteiger partial charge on any atom is 0.270 e. The minimum absolute atomic E-state index is 0.0592. The third-order valence-corrected chi connectivity index (χ3v) is 3.67. The minimum Gasteiger partial charge on any atom is -0.377 e. The molecule has 1 aromatic rings. The molecule has 0 aromatic heterocycles. The van der Waals surface area contributed by atoms with E-state index in [1.54, 1.807) is 6.07 Å². The average molecular weight is 278 g/mol. The van der Waals surface area contributed by atoms with E-state index in [9.17, 15) is 14.9 Å². The van der Waals surface area contributed by atoms with E-state index in [2.05, 4.69) is 0 Å². The van der Waals surface area contributed by atoms with Crippen molar-refractivity contribution in [2.45, 2.75) is 25.5 Å². The molecule has 0 radical (unpaired) electrons. The monoisotopic (exact) mass is 278 g/mol. The van der Waals surface area contributed by atoms with Gasteiger partial charge in [0, 0.05) is 30.3 Å². The molecule has 2 atom stereocenters. The molecule has 1 heterocycles. The molecule has 6 nitrogen and oxygen atoms in total. The number of carbonyl (C=O) groups is 1. The summed E-state index contributed by atoms with van der Waals surface area (Å²) < 4.78 is 5.48. The number of hydrogen-bond acceptors (Lipinski definition) is 5. The zero-order chi connectivity index (χ0) is 14.7. The Morgan fingerprint density at radius 2 is 2.30 bits per heavy atom. The van der Waals surface area contributed by atoms with Gasteiger partial charge in [0.15, 0.2) is 5.78 Å². The van der Waals surface area contributed by atoms with E-state index in [-0.39, 0.29) is 30.2 Å². The molecule has 2 rings (SSSR count). The fourth-order valence-electron chi connectivity index (χ4n) is 2.53. The molecular weight excluding hydrogens is 260 g/mol. The summed E-state index contributed by atoms with van der Waals surface area (Å²) in [5, 5.41) is 10.7. The highest BCUT2D eigenvalue weighted by atomic mass is 16.6. The summed E-state index contributed by atoms with van der Waals surface area (Å²) in [4.78, 5) is 24.4. The number of nitro benzene ring substituents is 1. The zero-order valence-electron chi connectivity index (χ0n) is 11.6. The Kier molecular flexibility index (Phi) is 4.46. The van der Waals surface area contributed by atoms with Crippen molar-refractivity contribution in [3.63, 3.8) is 0 Å². The van der Waals surface area contributed by atoms with Crippen LogP contribution in [0.2, 0.25) is 0 Å². The second kappa shape index (κ2) is 6.11. The Balaban J connectivity index is 2.04. The van der Waals surface area contributed by atoms with Gasteiger partial charge in [-0.15, -0.1) is 0 Å². The Morgan fingerprint density at radius 1 is 1.55 bits per heavy atom. The second-order valence-electron chi connectivity index (χ2n) is 5.08. The van der Waals surface area contributed by atoms with Gasteiger partial charge >= 0.3 is 0 Å². The smallest absolute Gasteiger partial charge is 0.270 e. The Labute approximate surface area is 117 Å². The summed E-state index contributed by atoms with van der Waals surface area (Å²) in [5.74, 6) is -0.115. The first-order chi connectivity index (χ1) is 9.49. The molecule has 1 aromatic carbocycles. The Hall–Kier alpha value is -1.79. The molecule has 1 aliphatic heterocycles. The van der Waals surface area contributed by atoms with Gasteiger partial charge in [0.1, 0.15) is 0 Å². The summed E-state index contributed by atoms with van der Waals surface area (Å²) in [6, 6.07) is 6.07. The van der Waals surface area contributed by atoms with Crippen LogP contribution in [0.1, 0.15) is 23.7 Å². The van der Waals surface area contributed by atoms with E-state index in [1.807, 2.05) is 18.9 Å². The molecule has 0 amide bonds. The molecular formula is C14H18N2O4. The molecule has 1 aliphatic rings. The van der Waals surface area contributed by atoms with Gasteiger partial charge in [-0.3, -0.25) is 19.8 Å². The summed E-state index contributed by atoms with van der Waals surface area (Å²) >= 11 is 0. The van der Waals surface area contributed by atoms with E-state index < -0.39 is 4.92 Å². The highest BCUT2D eigenvalue weighted by Gasteiger charge is 2.29. The first kappa shape index (κ1) is 14.6. The molecule has 0 spiro atoms. The number of hydrogen-bond donors (Lipinski definition) is 0. The van der Waals surface area contributed by atoms with Gasteiger partial charge in [0.25, 0.3) is 5.69 Å². The lowest BCUT2D eigenvalue weighted by molar-refractivity contribution is -0.384. The SMILES string of the molecule is CC1OCCC1N(C)CC(=O)c1cccc([N+](=O)[O-])c1. The van der Waals surface area contributed by atoms with Crippen molar-refractivity contribution in [2.75, 3.05) is 20.2 Å². The van der Waals surface area contributed by atoms with E-state index >= 15 is 0 Å². The predicted molar refractivity (Wildman–Crippen MR) is 73.9 cm³/mol. The van der Waals surface area contributed by atoms with E-state index in [4.69, 9.17) is 4.74 Å². The number of carbonyl (C=O) groups excluding carboxylic acids is 1. The molecule has 1 fully saturated rings. The fraction of sp³-hybridized carbons (Fsp3) is 0.500. The minimum atomic E-state index is -0.493. The number of Topliss-reactive ketones (excluding diaryl/α,β-unsaturated/α-hetero) is 1. The lowest BCUT2D eigenvalue weighted by Crippen LogP contribution is -2.39. The quantitative estimate of drug-likeness (QED) is 0.467. The van der Waals surface area contributed by atoms with Crippen LogP contribution in [0.4, 0.5) is 5.69 Å². The average Bonchev–Trinajstić information content (AvgIpc) is 2.85. The standard InChI is InChI=1S/C14H18N2O4/c1-10-13(6-7-20-10)15(2)9-14(17)11-4-3-5-12(8-11)16(18)19/h3-5,8,10,13H,6-7,9H2,1-2H3. The van der Waals surface area contributed by atoms with Crippen LogP contribution in [0.3, 0.4) is 0 Å². The number of ketones is 1. The highest BCUT2D eigenvalue weighted by molar-refractivity contribution is 5.98. The molecule has 108 valence electrons. The van der Waals surface area contributed by atoms with Crippen molar-refractivity contribution >= 4 is 11.5 Å². The van der Waals surface area contributed by atoms with E-state index in [0.717, 1.165) is 6.42 Å². The number of rotatable bonds is 5. The van der Waals surface area contributed by atoms with Crippen LogP contribution < -0.4 is 0 Å². The van der Waals surface area contributed by atoms with Gasteiger partial charge in [-0.05, 0) is 20.4 Å². The second-order valence-corrected chi connectivity index (χ2v) is 5.08. The summed E-state index contributed by atoms with van der Waals surface area (Å²) in [6.45, 7) is 2.94. The molecule has 1 saturated heterocycles. The third kappa shape index (κ3) is 3.20. The van der Waals surface area contributed by atoms with E-state index in [0.29, 0.717) is 12.2 Å². The number of benzene rings is 1. The molecule has 0 aliphatic carbocycles. The number of likely N-dealkylation sites (N-methyl/N-ethyl adjacent to an activating group) is 1. The van der Waals surface area contributed by atoms with E-state index in [1.165, 1.54) is 18.2 Å². The highest BCUT2D eigenvalue weighted by Crippen LogP contribution is 2.19. The lowest BCUT2D eigenvalue weighted by Gasteiger charge is -2.25. The van der Waals surface area contributed by atoms with Crippen molar-refractivity contribution in [1.29, 1.82) is 0 Å². The van der Waals surface area contributed by atoms with Gasteiger partial charge in [-0.25, -0.2) is 0 Å². The van der Waals surface area contributed by atoms with Crippen molar-refractivity contribution < 1.29 is 14.5 Å². The van der Waals surface area contributed by atoms with Crippen LogP contribution in [0.5, 0.6) is 0 Å². The third-order valence-electron chi connectivity index (χ3n) is 3.67. The topological polar surface area (TPSA) is 72.7 Å². The first-order valence-electron chi connectivity index (χ1n) is 6.58. The Morgan fingerprint density at radius 3 is 2.90 bits per heavy atom. The van der Waals surface area contributed by atoms with Crippen molar-refractivity contribution in [2.24, 2.45) is 0 Å². The molecule has 0 N–H and O–H groups in total. The van der Waals surface area contributed by atoms with Crippen molar-refractivity contribution in [3.8, 4) is 0 Å². The number of nitro groups is 1. The van der Waals surface area contributed by atoms with Crippen LogP contribution in [0.25, 0.3) is 0 Å². The van der Waals surface area contributed by atoms with Gasteiger partial charge < -0.3 is 4.74 Å². The normalized spacial score (nSPS) is 22.1. The first-order valence-corrected chi connectivity index (χ1v) is 6.58. The zero-order valence-corrected chi connectivity index (χ0v) is 11.6. The van der Waals surface area contributed by atoms with Crippen molar-refractivity contribution in [3.05, 3.63) is 39.9 Å². The van der Waals surface area contributed by atoms with Gasteiger partial charge in [0.2, 0.25) is 0 Å². The van der Waals surface area contributed by atoms with Crippen LogP contribution in [-0.2, 0) is 4.74 Å². The maximum absolute atomic E-state index is 12.2. The van der Waals surface area contributed by atoms with Crippen LogP contribution in [-0.4, -0.2) is 48.0 Å².